The molecule has 0 saturated carbocycles. The third-order valence-electron chi connectivity index (χ3n) is 4.01. The van der Waals surface area contributed by atoms with Crippen LogP contribution in [0, 0.1) is 6.92 Å². The van der Waals surface area contributed by atoms with E-state index in [-0.39, 0.29) is 0 Å². The largest absolute Gasteiger partial charge is 0.487 e. The van der Waals surface area contributed by atoms with Crippen LogP contribution in [0.5, 0.6) is 5.75 Å². The number of hydrogen-bond acceptors (Lipinski definition) is 2. The van der Waals surface area contributed by atoms with E-state index in [9.17, 15) is 0 Å². The summed E-state index contributed by atoms with van der Waals surface area (Å²) in [7, 11) is 0. The van der Waals surface area contributed by atoms with E-state index >= 15 is 0 Å². The maximum Gasteiger partial charge on any atom is 0.138 e. The highest BCUT2D eigenvalue weighted by Gasteiger charge is 2.06. The topological polar surface area (TPSA) is 21.3 Å². The molecule has 3 aromatic carbocycles. The van der Waals surface area contributed by atoms with E-state index in [0.717, 1.165) is 27.4 Å². The smallest absolute Gasteiger partial charge is 0.138 e. The zero-order chi connectivity index (χ0) is 18.5. The Hall–Kier alpha value is -1.87. The van der Waals surface area contributed by atoms with Gasteiger partial charge in [0.1, 0.15) is 12.4 Å². The van der Waals surface area contributed by atoms with E-state index in [1.54, 1.807) is 0 Å². The summed E-state index contributed by atoms with van der Waals surface area (Å²) in [5.41, 5.74) is 4.00. The van der Waals surface area contributed by atoms with Crippen molar-refractivity contribution in [3.05, 3.63) is 92.4 Å². The van der Waals surface area contributed by atoms with Crippen molar-refractivity contribution in [1.29, 1.82) is 0 Å². The second-order valence-corrected chi connectivity index (χ2v) is 7.18. The van der Waals surface area contributed by atoms with Crippen LogP contribution < -0.4 is 10.1 Å². The van der Waals surface area contributed by atoms with Crippen molar-refractivity contribution in [2.75, 3.05) is 5.32 Å². The molecule has 0 atom stereocenters. The average Bonchev–Trinajstić information content (AvgIpc) is 2.63. The summed E-state index contributed by atoms with van der Waals surface area (Å²) >= 11 is 18.7. The second-order valence-electron chi connectivity index (χ2n) is 5.96. The zero-order valence-electron chi connectivity index (χ0n) is 14.2. The van der Waals surface area contributed by atoms with Crippen molar-refractivity contribution in [2.24, 2.45) is 0 Å². The van der Waals surface area contributed by atoms with Crippen molar-refractivity contribution in [1.82, 2.24) is 0 Å². The molecule has 0 unspecified atom stereocenters. The van der Waals surface area contributed by atoms with Crippen LogP contribution in [0.2, 0.25) is 15.1 Å². The van der Waals surface area contributed by atoms with E-state index in [0.29, 0.717) is 28.9 Å². The second kappa shape index (κ2) is 8.68. The molecule has 0 spiro atoms. The van der Waals surface area contributed by atoms with Gasteiger partial charge in [-0.15, -0.1) is 0 Å². The number of halogens is 3. The van der Waals surface area contributed by atoms with Gasteiger partial charge in [-0.05, 0) is 48.4 Å². The molecule has 5 heteroatoms. The molecule has 0 aliphatic heterocycles. The van der Waals surface area contributed by atoms with Gasteiger partial charge in [0.05, 0.1) is 5.02 Å². The van der Waals surface area contributed by atoms with Gasteiger partial charge in [-0.1, -0.05) is 65.1 Å². The summed E-state index contributed by atoms with van der Waals surface area (Å²) in [6.07, 6.45) is 0. The van der Waals surface area contributed by atoms with Gasteiger partial charge in [-0.25, -0.2) is 0 Å². The van der Waals surface area contributed by atoms with Gasteiger partial charge < -0.3 is 10.1 Å². The first kappa shape index (κ1) is 18.9. The van der Waals surface area contributed by atoms with E-state index < -0.39 is 0 Å². The SMILES string of the molecule is Cc1ccc(NCc2ccc(OCc3ccccc3Cl)c(Cl)c2)cc1Cl. The average molecular weight is 407 g/mol. The van der Waals surface area contributed by atoms with Crippen LogP contribution >= 0.6 is 34.8 Å². The molecule has 134 valence electrons. The first-order chi connectivity index (χ1) is 12.5. The summed E-state index contributed by atoms with van der Waals surface area (Å²) in [6.45, 7) is 3.00. The van der Waals surface area contributed by atoms with Crippen molar-refractivity contribution < 1.29 is 4.74 Å². The van der Waals surface area contributed by atoms with E-state index in [2.05, 4.69) is 5.32 Å². The molecule has 3 aromatic rings. The maximum absolute atomic E-state index is 6.36. The third kappa shape index (κ3) is 4.85. The summed E-state index contributed by atoms with van der Waals surface area (Å²) < 4.78 is 5.80. The number of ether oxygens (including phenoxy) is 1. The molecule has 3 rings (SSSR count). The molecule has 0 radical (unpaired) electrons. The number of rotatable bonds is 6. The Balaban J connectivity index is 1.61. The molecule has 0 heterocycles. The van der Waals surface area contributed by atoms with Crippen LogP contribution in [0.4, 0.5) is 5.69 Å². The third-order valence-corrected chi connectivity index (χ3v) is 5.08. The van der Waals surface area contributed by atoms with Gasteiger partial charge in [0.25, 0.3) is 0 Å². The minimum absolute atomic E-state index is 0.374. The van der Waals surface area contributed by atoms with Crippen LogP contribution in [0.3, 0.4) is 0 Å². The molecule has 26 heavy (non-hydrogen) atoms. The quantitative estimate of drug-likeness (QED) is 0.469. The first-order valence-corrected chi connectivity index (χ1v) is 9.31. The van der Waals surface area contributed by atoms with Gasteiger partial charge in [0, 0.05) is 27.8 Å². The predicted molar refractivity (Wildman–Crippen MR) is 111 cm³/mol. The number of nitrogens with one attached hydrogen (secondary N) is 1. The number of benzene rings is 3. The molecule has 0 aliphatic carbocycles. The van der Waals surface area contributed by atoms with Gasteiger partial charge >= 0.3 is 0 Å². The summed E-state index contributed by atoms with van der Waals surface area (Å²) in [6, 6.07) is 19.3. The fraction of sp³-hybridized carbons (Fsp3) is 0.143. The van der Waals surface area contributed by atoms with E-state index in [1.807, 2.05) is 67.6 Å². The van der Waals surface area contributed by atoms with Crippen LogP contribution in [0.15, 0.2) is 60.7 Å². The minimum Gasteiger partial charge on any atom is -0.487 e. The Labute approximate surface area is 168 Å². The highest BCUT2D eigenvalue weighted by molar-refractivity contribution is 6.32. The number of aryl methyl sites for hydroxylation is 1. The number of hydrogen-bond donors (Lipinski definition) is 1. The molecular formula is C21H18Cl3NO. The highest BCUT2D eigenvalue weighted by atomic mass is 35.5. The van der Waals surface area contributed by atoms with Crippen LogP contribution in [-0.2, 0) is 13.2 Å². The molecule has 2 nitrogen and oxygen atoms in total. The van der Waals surface area contributed by atoms with Crippen molar-refractivity contribution in [3.63, 3.8) is 0 Å². The van der Waals surface area contributed by atoms with Gasteiger partial charge in [-0.2, -0.15) is 0 Å². The normalized spacial score (nSPS) is 10.6. The van der Waals surface area contributed by atoms with Crippen LogP contribution in [0.25, 0.3) is 0 Å². The number of anilines is 1. The summed E-state index contributed by atoms with van der Waals surface area (Å²) in [5.74, 6) is 0.633. The summed E-state index contributed by atoms with van der Waals surface area (Å²) in [5, 5.41) is 5.34. The lowest BCUT2D eigenvalue weighted by molar-refractivity contribution is 0.306. The Morgan fingerprint density at radius 3 is 2.38 bits per heavy atom. The fourth-order valence-corrected chi connectivity index (χ4v) is 3.08. The van der Waals surface area contributed by atoms with Crippen LogP contribution in [0.1, 0.15) is 16.7 Å². The molecule has 0 amide bonds. The Bertz CT molecular complexity index is 912. The van der Waals surface area contributed by atoms with E-state index in [1.165, 1.54) is 0 Å². The molecule has 0 aliphatic rings. The maximum atomic E-state index is 6.36. The lowest BCUT2D eigenvalue weighted by atomic mass is 10.2. The molecule has 1 N–H and O–H groups in total. The standard InChI is InChI=1S/C21H18Cl3NO/c1-14-6-8-17(11-19(14)23)25-12-15-7-9-21(20(24)10-15)26-13-16-4-2-3-5-18(16)22/h2-11,25H,12-13H2,1H3. The van der Waals surface area contributed by atoms with Crippen molar-refractivity contribution in [3.8, 4) is 5.75 Å². The predicted octanol–water partition coefficient (Wildman–Crippen LogP) is 7.15. The molecule has 0 aromatic heterocycles. The first-order valence-electron chi connectivity index (χ1n) is 8.17. The Kier molecular flexibility index (Phi) is 6.31. The van der Waals surface area contributed by atoms with Crippen molar-refractivity contribution in [2.45, 2.75) is 20.1 Å². The van der Waals surface area contributed by atoms with Gasteiger partial charge in [0.2, 0.25) is 0 Å². The Morgan fingerprint density at radius 1 is 0.846 bits per heavy atom. The Morgan fingerprint density at radius 2 is 1.65 bits per heavy atom. The lowest BCUT2D eigenvalue weighted by Crippen LogP contribution is -2.01. The van der Waals surface area contributed by atoms with Crippen molar-refractivity contribution >= 4 is 40.5 Å². The summed E-state index contributed by atoms with van der Waals surface area (Å²) in [4.78, 5) is 0. The fourth-order valence-electron chi connectivity index (χ4n) is 2.45. The van der Waals surface area contributed by atoms with Gasteiger partial charge in [-0.3, -0.25) is 0 Å². The molecule has 0 bridgehead atoms. The highest BCUT2D eigenvalue weighted by Crippen LogP contribution is 2.28. The van der Waals surface area contributed by atoms with E-state index in [4.69, 9.17) is 39.5 Å². The molecule has 0 saturated heterocycles. The molecule has 0 fully saturated rings. The molecular weight excluding hydrogens is 389 g/mol. The lowest BCUT2D eigenvalue weighted by Gasteiger charge is -2.12. The minimum atomic E-state index is 0.374. The monoisotopic (exact) mass is 405 g/mol. The zero-order valence-corrected chi connectivity index (χ0v) is 16.5. The van der Waals surface area contributed by atoms with Crippen LogP contribution in [-0.4, -0.2) is 0 Å². The van der Waals surface area contributed by atoms with Gasteiger partial charge in [0.15, 0.2) is 0 Å².